The van der Waals surface area contributed by atoms with Crippen molar-refractivity contribution >= 4 is 86.8 Å². The minimum absolute atomic E-state index is 0.0302. The summed E-state index contributed by atoms with van der Waals surface area (Å²) in [6.07, 6.45) is 4.63. The van der Waals surface area contributed by atoms with Crippen LogP contribution in [0.5, 0.6) is 0 Å². The Kier molecular flexibility index (Phi) is 12.8. The number of nitrogens with one attached hydrogen (secondary N) is 3. The smallest absolute Gasteiger partial charge is 0.341 e. The maximum atomic E-state index is 13.6. The van der Waals surface area contributed by atoms with Crippen molar-refractivity contribution < 1.29 is 23.9 Å². The average molecular weight is 751 g/mol. The zero-order chi connectivity index (χ0) is 35.8. The summed E-state index contributed by atoms with van der Waals surface area (Å²) in [7, 11) is 0. The van der Waals surface area contributed by atoms with Gasteiger partial charge in [-0.2, -0.15) is 0 Å². The molecule has 12 heteroatoms. The Bertz CT molecular complexity index is 1930. The van der Waals surface area contributed by atoms with Gasteiger partial charge in [-0.3, -0.25) is 14.4 Å². The molecule has 50 heavy (non-hydrogen) atoms. The molecule has 4 aromatic rings. The van der Waals surface area contributed by atoms with Gasteiger partial charge in [0.2, 0.25) is 5.91 Å². The summed E-state index contributed by atoms with van der Waals surface area (Å²) in [6.45, 7) is 6.13. The number of carbonyl (C=O) groups excluding carboxylic acids is 4. The first-order valence-electron chi connectivity index (χ1n) is 16.3. The van der Waals surface area contributed by atoms with Crippen molar-refractivity contribution in [1.82, 2.24) is 5.32 Å². The largest absolute Gasteiger partial charge is 0.462 e. The van der Waals surface area contributed by atoms with E-state index < -0.39 is 23.0 Å². The molecule has 0 saturated carbocycles. The molecule has 0 saturated heterocycles. The molecule has 0 aliphatic heterocycles. The fraction of sp³-hybridized carbons (Fsp3) is 0.263. The zero-order valence-electron chi connectivity index (χ0n) is 27.8. The number of esters is 1. The summed E-state index contributed by atoms with van der Waals surface area (Å²) in [5.41, 5.74) is 2.75. The third-order valence-corrected chi connectivity index (χ3v) is 11.1. The highest BCUT2D eigenvalue weighted by Gasteiger charge is 2.30. The summed E-state index contributed by atoms with van der Waals surface area (Å²) >= 11 is 15.3. The van der Waals surface area contributed by atoms with Crippen molar-refractivity contribution in [2.24, 2.45) is 5.92 Å². The lowest BCUT2D eigenvalue weighted by atomic mass is 9.88. The van der Waals surface area contributed by atoms with E-state index in [4.69, 9.17) is 27.9 Å². The fourth-order valence-electron chi connectivity index (χ4n) is 5.50. The summed E-state index contributed by atoms with van der Waals surface area (Å²) in [4.78, 5) is 55.2. The molecular weight excluding hydrogens is 713 g/mol. The maximum absolute atomic E-state index is 13.6. The lowest BCUT2D eigenvalue weighted by molar-refractivity contribution is -0.116. The van der Waals surface area contributed by atoms with Crippen LogP contribution in [-0.4, -0.2) is 35.5 Å². The molecule has 1 aromatic heterocycles. The van der Waals surface area contributed by atoms with Gasteiger partial charge in [0.15, 0.2) is 0 Å². The lowest BCUT2D eigenvalue weighted by Gasteiger charge is -2.18. The van der Waals surface area contributed by atoms with Gasteiger partial charge in [0, 0.05) is 31.1 Å². The van der Waals surface area contributed by atoms with Gasteiger partial charge < -0.3 is 20.7 Å². The van der Waals surface area contributed by atoms with E-state index in [0.717, 1.165) is 34.6 Å². The van der Waals surface area contributed by atoms with Crippen LogP contribution in [0.3, 0.4) is 0 Å². The van der Waals surface area contributed by atoms with Crippen LogP contribution >= 0.6 is 46.3 Å². The van der Waals surface area contributed by atoms with Crippen molar-refractivity contribution in [3.8, 4) is 0 Å². The van der Waals surface area contributed by atoms with Gasteiger partial charge in [0.25, 0.3) is 11.8 Å². The third kappa shape index (κ3) is 9.37. The van der Waals surface area contributed by atoms with Crippen LogP contribution in [0.1, 0.15) is 70.3 Å². The van der Waals surface area contributed by atoms with Crippen molar-refractivity contribution in [3.63, 3.8) is 0 Å². The number of benzene rings is 3. The maximum Gasteiger partial charge on any atom is 0.341 e. The van der Waals surface area contributed by atoms with Gasteiger partial charge in [0.05, 0.1) is 17.4 Å². The molecule has 1 aliphatic carbocycles. The molecule has 260 valence electrons. The second kappa shape index (κ2) is 17.2. The highest BCUT2D eigenvalue weighted by Crippen LogP contribution is 2.41. The normalized spacial score (nSPS) is 14.7. The van der Waals surface area contributed by atoms with Crippen LogP contribution in [0.2, 0.25) is 10.0 Å². The molecule has 3 N–H and O–H groups in total. The minimum Gasteiger partial charge on any atom is -0.462 e. The first kappa shape index (κ1) is 37.2. The number of rotatable bonds is 12. The van der Waals surface area contributed by atoms with Crippen molar-refractivity contribution in [2.45, 2.75) is 56.6 Å². The fourth-order valence-corrected chi connectivity index (χ4v) is 8.38. The van der Waals surface area contributed by atoms with E-state index >= 15 is 0 Å². The molecule has 1 aliphatic rings. The number of amides is 3. The van der Waals surface area contributed by atoms with Crippen LogP contribution in [0.25, 0.3) is 6.08 Å². The van der Waals surface area contributed by atoms with Gasteiger partial charge in [0.1, 0.15) is 10.7 Å². The Hall–Kier alpha value is -4.09. The molecule has 3 aromatic carbocycles. The number of thiophene rings is 1. The van der Waals surface area contributed by atoms with E-state index in [2.05, 4.69) is 22.9 Å². The van der Waals surface area contributed by atoms with Gasteiger partial charge in [-0.25, -0.2) is 4.79 Å². The van der Waals surface area contributed by atoms with E-state index in [1.165, 1.54) is 29.2 Å². The first-order valence-corrected chi connectivity index (χ1v) is 18.7. The van der Waals surface area contributed by atoms with Crippen LogP contribution < -0.4 is 16.0 Å². The Morgan fingerprint density at radius 1 is 1.00 bits per heavy atom. The van der Waals surface area contributed by atoms with E-state index in [9.17, 15) is 19.2 Å². The third-order valence-electron chi connectivity index (χ3n) is 8.05. The monoisotopic (exact) mass is 749 g/mol. The molecule has 8 nitrogen and oxygen atoms in total. The van der Waals surface area contributed by atoms with Crippen LogP contribution in [0.4, 0.5) is 10.7 Å². The van der Waals surface area contributed by atoms with E-state index in [0.29, 0.717) is 49.8 Å². The highest BCUT2D eigenvalue weighted by atomic mass is 35.5. The quantitative estimate of drug-likeness (QED) is 0.0756. The van der Waals surface area contributed by atoms with E-state index in [1.54, 1.807) is 73.7 Å². The van der Waals surface area contributed by atoms with Crippen LogP contribution in [0, 0.1) is 5.92 Å². The molecule has 0 spiro atoms. The number of halogens is 2. The first-order chi connectivity index (χ1) is 24.1. The Morgan fingerprint density at radius 2 is 1.78 bits per heavy atom. The summed E-state index contributed by atoms with van der Waals surface area (Å²) in [6, 6.07) is 20.5. The number of hydrogen-bond acceptors (Lipinski definition) is 7. The summed E-state index contributed by atoms with van der Waals surface area (Å²) in [5.74, 6) is -1.17. The molecule has 2 atom stereocenters. The van der Waals surface area contributed by atoms with Crippen molar-refractivity contribution in [1.29, 1.82) is 0 Å². The molecule has 2 unspecified atom stereocenters. The summed E-state index contributed by atoms with van der Waals surface area (Å²) in [5, 5.41) is 9.40. The number of carbonyl (C=O) groups is 4. The van der Waals surface area contributed by atoms with E-state index in [1.807, 2.05) is 13.0 Å². The number of fused-ring (bicyclic) bond motifs is 1. The second-order valence-electron chi connectivity index (χ2n) is 11.8. The Balaban J connectivity index is 1.33. The number of ether oxygens (including phenoxy) is 1. The average Bonchev–Trinajstić information content (AvgIpc) is 3.45. The molecule has 0 bridgehead atoms. The van der Waals surface area contributed by atoms with Crippen molar-refractivity contribution in [3.05, 3.63) is 116 Å². The van der Waals surface area contributed by atoms with Gasteiger partial charge >= 0.3 is 5.97 Å². The molecule has 0 fully saturated rings. The number of anilines is 2. The summed E-state index contributed by atoms with van der Waals surface area (Å²) < 4.78 is 5.37. The number of thioether (sulfide) groups is 1. The van der Waals surface area contributed by atoms with Crippen molar-refractivity contribution in [2.75, 3.05) is 17.2 Å². The minimum atomic E-state index is -0.574. The predicted octanol–water partition coefficient (Wildman–Crippen LogP) is 9.28. The SMILES string of the molecule is CCOC(=O)c1c(NC(=O)C(CC)Sc2cccc(NC(=O)/C(=C\c3ccc(Cl)cc3Cl)NC(=O)c3ccccc3)c2)sc2c1CCC(C)C2. The van der Waals surface area contributed by atoms with Gasteiger partial charge in [-0.15, -0.1) is 23.1 Å². The standard InChI is InChI=1S/C38H37Cl2N3O5S2/c1-4-31(36(46)43-37-33(38(47)48-5-2)28-17-14-22(3)18-32(28)50-37)49-27-13-9-12-26(21-27)41-35(45)30(19-24-15-16-25(39)20-29(24)40)42-34(44)23-10-7-6-8-11-23/h6-13,15-16,19-22,31H,4-5,14,17-18H2,1-3H3,(H,41,45)(H,42,44)(H,43,46)/b30-19+. The van der Waals surface area contributed by atoms with Gasteiger partial charge in [-0.1, -0.05) is 67.4 Å². The molecule has 1 heterocycles. The van der Waals surface area contributed by atoms with Crippen LogP contribution in [-0.2, 0) is 27.2 Å². The highest BCUT2D eigenvalue weighted by molar-refractivity contribution is 8.00. The Labute approximate surface area is 310 Å². The second-order valence-corrected chi connectivity index (χ2v) is 15.0. The molecular formula is C38H37Cl2N3O5S2. The molecule has 3 amide bonds. The molecule has 5 rings (SSSR count). The topological polar surface area (TPSA) is 114 Å². The Morgan fingerprint density at radius 3 is 2.50 bits per heavy atom. The zero-order valence-corrected chi connectivity index (χ0v) is 31.0. The predicted molar refractivity (Wildman–Crippen MR) is 203 cm³/mol. The van der Waals surface area contributed by atoms with Gasteiger partial charge in [-0.05, 0) is 98.2 Å². The molecule has 0 radical (unpaired) electrons. The van der Waals surface area contributed by atoms with E-state index in [-0.39, 0.29) is 18.2 Å². The van der Waals surface area contributed by atoms with Crippen LogP contribution in [0.15, 0.2) is 83.4 Å². The number of hydrogen-bond donors (Lipinski definition) is 3. The lowest BCUT2D eigenvalue weighted by Crippen LogP contribution is -2.30.